The number of hydrogen-bond donors (Lipinski definition) is 2. The number of amides is 1. The summed E-state index contributed by atoms with van der Waals surface area (Å²) in [5, 5.41) is 12.6. The SMILES string of the molecule is C=CC(N)=O.CCc1cnc2c(Nc3cn(C4CCN(C)C4)nc3OC)nc(N3CCC(F)C3)nn12. The molecule has 2 atom stereocenters. The maximum absolute atomic E-state index is 13.8. The Balaban J connectivity index is 0.000000556. The van der Waals surface area contributed by atoms with E-state index in [2.05, 4.69) is 51.7 Å². The van der Waals surface area contributed by atoms with E-state index in [0.29, 0.717) is 48.8 Å². The summed E-state index contributed by atoms with van der Waals surface area (Å²) in [5.41, 5.74) is 6.84. The fourth-order valence-corrected chi connectivity index (χ4v) is 4.33. The number of methoxy groups -OCH3 is 1. The Labute approximate surface area is 208 Å². The number of nitrogens with zero attached hydrogens (tertiary/aromatic N) is 8. The van der Waals surface area contributed by atoms with Gasteiger partial charge in [-0.05, 0) is 38.9 Å². The number of carbonyl (C=O) groups excluding carboxylic acids is 1. The van der Waals surface area contributed by atoms with Crippen molar-refractivity contribution in [3.05, 3.63) is 30.7 Å². The van der Waals surface area contributed by atoms with E-state index in [9.17, 15) is 9.18 Å². The van der Waals surface area contributed by atoms with E-state index in [4.69, 9.17) is 9.72 Å². The van der Waals surface area contributed by atoms with Gasteiger partial charge in [0.1, 0.15) is 11.9 Å². The third kappa shape index (κ3) is 5.40. The summed E-state index contributed by atoms with van der Waals surface area (Å²) < 4.78 is 23.1. The van der Waals surface area contributed by atoms with Crippen molar-refractivity contribution in [3.63, 3.8) is 0 Å². The van der Waals surface area contributed by atoms with Gasteiger partial charge in [-0.3, -0.25) is 9.48 Å². The molecule has 3 aromatic rings. The second-order valence-corrected chi connectivity index (χ2v) is 8.90. The molecule has 12 nitrogen and oxygen atoms in total. The molecule has 2 unspecified atom stereocenters. The van der Waals surface area contributed by atoms with Gasteiger partial charge in [0.2, 0.25) is 11.9 Å². The number of likely N-dealkylation sites (tertiary alicyclic amines) is 1. The van der Waals surface area contributed by atoms with E-state index >= 15 is 0 Å². The molecule has 0 bridgehead atoms. The van der Waals surface area contributed by atoms with Crippen molar-refractivity contribution in [1.29, 1.82) is 0 Å². The van der Waals surface area contributed by atoms with E-state index in [1.807, 2.05) is 15.8 Å². The normalized spacial score (nSPS) is 19.8. The van der Waals surface area contributed by atoms with Gasteiger partial charge in [-0.2, -0.15) is 4.98 Å². The molecular weight excluding hydrogens is 467 g/mol. The molecule has 5 heterocycles. The summed E-state index contributed by atoms with van der Waals surface area (Å²) in [5.74, 6) is 1.06. The van der Waals surface area contributed by atoms with Gasteiger partial charge >= 0.3 is 0 Å². The second-order valence-electron chi connectivity index (χ2n) is 8.90. The van der Waals surface area contributed by atoms with Crippen LogP contribution in [0.25, 0.3) is 5.65 Å². The van der Waals surface area contributed by atoms with Crippen molar-refractivity contribution in [3.8, 4) is 5.88 Å². The number of rotatable bonds is 7. The zero-order valence-electron chi connectivity index (χ0n) is 20.9. The zero-order valence-corrected chi connectivity index (χ0v) is 20.9. The largest absolute Gasteiger partial charge is 0.478 e. The van der Waals surface area contributed by atoms with Crippen molar-refractivity contribution >= 4 is 29.0 Å². The fraction of sp³-hybridized carbons (Fsp3) is 0.522. The summed E-state index contributed by atoms with van der Waals surface area (Å²) in [7, 11) is 3.72. The number of alkyl halides is 1. The van der Waals surface area contributed by atoms with Crippen LogP contribution in [0.4, 0.5) is 21.8 Å². The molecule has 36 heavy (non-hydrogen) atoms. The highest BCUT2D eigenvalue weighted by molar-refractivity contribution is 5.85. The number of likely N-dealkylation sites (N-methyl/N-ethyl adjacent to an activating group) is 1. The summed E-state index contributed by atoms with van der Waals surface area (Å²) in [6, 6.07) is 0.305. The minimum Gasteiger partial charge on any atom is -0.478 e. The molecule has 3 N–H and O–H groups in total. The Kier molecular flexibility index (Phi) is 7.67. The number of hydrogen-bond acceptors (Lipinski definition) is 9. The van der Waals surface area contributed by atoms with Crippen LogP contribution in [0.1, 0.15) is 31.5 Å². The Hall–Kier alpha value is -3.74. The van der Waals surface area contributed by atoms with Crippen molar-refractivity contribution in [2.24, 2.45) is 5.73 Å². The monoisotopic (exact) mass is 500 g/mol. The molecule has 2 aliphatic rings. The van der Waals surface area contributed by atoms with Crippen LogP contribution in [0, 0.1) is 0 Å². The van der Waals surface area contributed by atoms with Gasteiger partial charge in [-0.15, -0.1) is 10.2 Å². The average molecular weight is 501 g/mol. The van der Waals surface area contributed by atoms with Crippen LogP contribution in [0.5, 0.6) is 5.88 Å². The molecule has 2 fully saturated rings. The van der Waals surface area contributed by atoms with E-state index in [-0.39, 0.29) is 0 Å². The Morgan fingerprint density at radius 3 is 2.69 bits per heavy atom. The lowest BCUT2D eigenvalue weighted by Crippen LogP contribution is -2.24. The van der Waals surface area contributed by atoms with Crippen LogP contribution in [0.2, 0.25) is 0 Å². The summed E-state index contributed by atoms with van der Waals surface area (Å²) in [6.07, 6.45) is 6.27. The van der Waals surface area contributed by atoms with Crippen LogP contribution >= 0.6 is 0 Å². The number of imidazole rings is 1. The Bertz CT molecular complexity index is 1230. The number of aryl methyl sites for hydroxylation is 1. The van der Waals surface area contributed by atoms with Crippen molar-refractivity contribution in [1.82, 2.24) is 34.3 Å². The highest BCUT2D eigenvalue weighted by Crippen LogP contribution is 2.31. The number of primary amides is 1. The number of fused-ring (bicyclic) bond motifs is 1. The standard InChI is InChI=1S/C20H28FN9O.C3H5NO/c1-4-14-9-22-18-17(24-20(26-30(14)18)28-8-5-13(21)10-28)23-16-12-29(25-19(16)31-3)15-6-7-27(2)11-15;1-2-3(4)5/h9,12-13,15H,4-8,10-11H2,1-3H3,(H,23,24,26);2H,1H2,(H2,4,5). The number of anilines is 3. The van der Waals surface area contributed by atoms with Crippen LogP contribution < -0.4 is 20.7 Å². The molecule has 0 spiro atoms. The lowest BCUT2D eigenvalue weighted by Gasteiger charge is -2.17. The smallest absolute Gasteiger partial charge is 0.256 e. The first-order chi connectivity index (χ1) is 17.3. The van der Waals surface area contributed by atoms with Gasteiger partial charge in [0, 0.05) is 13.1 Å². The molecule has 5 rings (SSSR count). The van der Waals surface area contributed by atoms with Gasteiger partial charge < -0.3 is 25.6 Å². The predicted octanol–water partition coefficient (Wildman–Crippen LogP) is 1.72. The molecule has 13 heteroatoms. The molecule has 1 amide bonds. The first kappa shape index (κ1) is 25.4. The van der Waals surface area contributed by atoms with Gasteiger partial charge in [0.05, 0.1) is 37.8 Å². The lowest BCUT2D eigenvalue weighted by molar-refractivity contribution is -0.113. The predicted molar refractivity (Wildman–Crippen MR) is 134 cm³/mol. The number of carbonyl (C=O) groups is 1. The fourth-order valence-electron chi connectivity index (χ4n) is 4.33. The highest BCUT2D eigenvalue weighted by Gasteiger charge is 2.27. The first-order valence-electron chi connectivity index (χ1n) is 12.0. The lowest BCUT2D eigenvalue weighted by atomic mass is 10.3. The molecular formula is C23H33FN10O2. The average Bonchev–Trinajstić information content (AvgIpc) is 3.65. The van der Waals surface area contributed by atoms with Gasteiger partial charge in [-0.25, -0.2) is 13.9 Å². The maximum Gasteiger partial charge on any atom is 0.256 e. The molecule has 194 valence electrons. The van der Waals surface area contributed by atoms with Gasteiger partial charge in [0.15, 0.2) is 11.5 Å². The molecule has 0 radical (unpaired) electrons. The van der Waals surface area contributed by atoms with E-state index < -0.39 is 12.1 Å². The summed E-state index contributed by atoms with van der Waals surface area (Å²) >= 11 is 0. The molecule has 3 aromatic heterocycles. The minimum absolute atomic E-state index is 0.303. The zero-order chi connectivity index (χ0) is 25.8. The maximum atomic E-state index is 13.8. The molecule has 0 aromatic carbocycles. The summed E-state index contributed by atoms with van der Waals surface area (Å²) in [4.78, 5) is 22.9. The molecule has 0 saturated carbocycles. The van der Waals surface area contributed by atoms with Gasteiger partial charge in [-0.1, -0.05) is 13.5 Å². The first-order valence-corrected chi connectivity index (χ1v) is 12.0. The molecule has 2 saturated heterocycles. The van der Waals surface area contributed by atoms with Crippen molar-refractivity contribution in [2.75, 3.05) is 50.6 Å². The Morgan fingerprint density at radius 1 is 1.33 bits per heavy atom. The van der Waals surface area contributed by atoms with Crippen LogP contribution in [-0.2, 0) is 11.2 Å². The minimum atomic E-state index is -0.855. The number of aromatic nitrogens is 6. The number of halogens is 1. The highest BCUT2D eigenvalue weighted by atomic mass is 19.1. The van der Waals surface area contributed by atoms with E-state index in [0.717, 1.165) is 43.4 Å². The van der Waals surface area contributed by atoms with E-state index in [1.165, 1.54) is 0 Å². The molecule has 0 aliphatic carbocycles. The quantitative estimate of drug-likeness (QED) is 0.465. The number of ether oxygens (including phenoxy) is 1. The van der Waals surface area contributed by atoms with Crippen molar-refractivity contribution in [2.45, 2.75) is 38.4 Å². The number of nitrogens with two attached hydrogens (primary N) is 1. The molecule has 2 aliphatic heterocycles. The third-order valence-corrected chi connectivity index (χ3v) is 6.28. The second kappa shape index (κ2) is 10.9. The van der Waals surface area contributed by atoms with Crippen LogP contribution in [0.15, 0.2) is 25.0 Å². The number of nitrogens with one attached hydrogen (secondary N) is 1. The van der Waals surface area contributed by atoms with Crippen LogP contribution in [0.3, 0.4) is 0 Å². The van der Waals surface area contributed by atoms with Crippen molar-refractivity contribution < 1.29 is 13.9 Å². The van der Waals surface area contributed by atoms with Crippen LogP contribution in [-0.4, -0.2) is 86.7 Å². The third-order valence-electron chi connectivity index (χ3n) is 6.28. The van der Waals surface area contributed by atoms with Gasteiger partial charge in [0.25, 0.3) is 5.88 Å². The Morgan fingerprint density at radius 2 is 2.11 bits per heavy atom. The van der Waals surface area contributed by atoms with E-state index in [1.54, 1.807) is 17.8 Å². The summed E-state index contributed by atoms with van der Waals surface area (Å²) in [6.45, 7) is 8.03. The topological polar surface area (TPSA) is 132 Å².